The summed E-state index contributed by atoms with van der Waals surface area (Å²) in [5.41, 5.74) is 1.11. The van der Waals surface area contributed by atoms with Gasteiger partial charge in [-0.15, -0.1) is 12.4 Å². The smallest absolute Gasteiger partial charge is 0.353 e. The molecule has 1 fully saturated rings. The maximum absolute atomic E-state index is 12.7. The Bertz CT molecular complexity index is 791. The number of aromatic nitrogens is 2. The van der Waals surface area contributed by atoms with Crippen molar-refractivity contribution in [2.75, 3.05) is 13.1 Å². The van der Waals surface area contributed by atoms with Gasteiger partial charge in [-0.1, -0.05) is 12.1 Å². The molecule has 1 aromatic heterocycles. The topological polar surface area (TPSA) is 59.0 Å². The van der Waals surface area contributed by atoms with Crippen LogP contribution in [0.1, 0.15) is 29.5 Å². The molecule has 2 heterocycles. The molecule has 3 atom stereocenters. The number of hydrogen-bond acceptors (Lipinski definition) is 3. The molecule has 1 amide bonds. The lowest BCUT2D eigenvalue weighted by Gasteiger charge is -2.21. The summed E-state index contributed by atoms with van der Waals surface area (Å²) in [5, 5.41) is 10.4. The zero-order valence-electron chi connectivity index (χ0n) is 15.7. The molecule has 0 aliphatic carbocycles. The average Bonchev–Trinajstić information content (AvgIpc) is 3.22. The maximum Gasteiger partial charge on any atom is 0.416 e. The molecule has 0 radical (unpaired) electrons. The predicted molar refractivity (Wildman–Crippen MR) is 102 cm³/mol. The van der Waals surface area contributed by atoms with Gasteiger partial charge in [0.25, 0.3) is 0 Å². The summed E-state index contributed by atoms with van der Waals surface area (Å²) in [6.45, 7) is 3.17. The van der Waals surface area contributed by atoms with E-state index in [1.54, 1.807) is 10.9 Å². The molecule has 0 spiro atoms. The fraction of sp³-hybridized carbons (Fsp3) is 0.474. The summed E-state index contributed by atoms with van der Waals surface area (Å²) >= 11 is 0. The van der Waals surface area contributed by atoms with Crippen molar-refractivity contribution in [3.05, 3.63) is 53.3 Å². The predicted octanol–water partition coefficient (Wildman–Crippen LogP) is 2.91. The number of nitrogens with zero attached hydrogens (tertiary/aromatic N) is 2. The first kappa shape index (κ1) is 22.2. The van der Waals surface area contributed by atoms with Gasteiger partial charge in [-0.25, -0.2) is 0 Å². The first-order valence-electron chi connectivity index (χ1n) is 8.90. The number of amides is 1. The minimum absolute atomic E-state index is 0. The Labute approximate surface area is 168 Å². The molecule has 1 unspecified atom stereocenters. The van der Waals surface area contributed by atoms with Crippen LogP contribution in [-0.2, 0) is 24.4 Å². The molecular formula is C19H24ClF3N4O. The molecule has 1 saturated heterocycles. The molecule has 154 valence electrons. The van der Waals surface area contributed by atoms with Gasteiger partial charge >= 0.3 is 6.18 Å². The Balaban J connectivity index is 0.00000280. The number of hydrogen-bond donors (Lipinski definition) is 2. The SMILES string of the molecule is CC(Cc1ccc(C(F)(F)F)cc1)NC(=O)[C@H]1CNC[C@@H]1c1cnn(C)c1.Cl. The Kier molecular flexibility index (Phi) is 7.11. The van der Waals surface area contributed by atoms with Crippen LogP contribution < -0.4 is 10.6 Å². The van der Waals surface area contributed by atoms with Crippen LogP contribution in [-0.4, -0.2) is 34.8 Å². The number of carbonyl (C=O) groups excluding carboxylic acids is 1. The molecule has 1 aliphatic rings. The van der Waals surface area contributed by atoms with Crippen molar-refractivity contribution in [3.63, 3.8) is 0 Å². The van der Waals surface area contributed by atoms with E-state index in [-0.39, 0.29) is 36.2 Å². The van der Waals surface area contributed by atoms with Crippen LogP contribution in [0.3, 0.4) is 0 Å². The average molecular weight is 417 g/mol. The van der Waals surface area contributed by atoms with Gasteiger partial charge in [0.15, 0.2) is 0 Å². The second-order valence-corrected chi connectivity index (χ2v) is 7.13. The quantitative estimate of drug-likeness (QED) is 0.788. The molecule has 1 aromatic carbocycles. The summed E-state index contributed by atoms with van der Waals surface area (Å²) in [4.78, 5) is 12.7. The minimum Gasteiger partial charge on any atom is -0.353 e. The summed E-state index contributed by atoms with van der Waals surface area (Å²) in [5.74, 6) is -0.172. The van der Waals surface area contributed by atoms with Crippen LogP contribution in [0.4, 0.5) is 13.2 Å². The van der Waals surface area contributed by atoms with Crippen LogP contribution >= 0.6 is 12.4 Å². The molecule has 0 bridgehead atoms. The van der Waals surface area contributed by atoms with E-state index in [0.717, 1.165) is 29.8 Å². The van der Waals surface area contributed by atoms with Crippen molar-refractivity contribution >= 4 is 18.3 Å². The summed E-state index contributed by atoms with van der Waals surface area (Å²) in [6.07, 6.45) is -0.163. The number of benzene rings is 1. The lowest BCUT2D eigenvalue weighted by Crippen LogP contribution is -2.40. The highest BCUT2D eigenvalue weighted by molar-refractivity contribution is 5.85. The summed E-state index contributed by atoms with van der Waals surface area (Å²) in [7, 11) is 1.84. The van der Waals surface area contributed by atoms with Crippen LogP contribution in [0.5, 0.6) is 0 Å². The van der Waals surface area contributed by atoms with Gasteiger partial charge in [0.05, 0.1) is 17.7 Å². The highest BCUT2D eigenvalue weighted by Crippen LogP contribution is 2.30. The normalized spacial score (nSPS) is 20.5. The van der Waals surface area contributed by atoms with Crippen LogP contribution in [0.25, 0.3) is 0 Å². The number of nitrogens with one attached hydrogen (secondary N) is 2. The number of alkyl halides is 3. The molecule has 3 rings (SSSR count). The van der Waals surface area contributed by atoms with Gasteiger partial charge in [-0.2, -0.15) is 18.3 Å². The number of rotatable bonds is 5. The van der Waals surface area contributed by atoms with Crippen molar-refractivity contribution in [2.24, 2.45) is 13.0 Å². The summed E-state index contributed by atoms with van der Waals surface area (Å²) in [6, 6.07) is 4.89. The zero-order valence-corrected chi connectivity index (χ0v) is 16.5. The van der Waals surface area contributed by atoms with E-state index in [2.05, 4.69) is 15.7 Å². The molecule has 9 heteroatoms. The van der Waals surface area contributed by atoms with E-state index in [9.17, 15) is 18.0 Å². The van der Waals surface area contributed by atoms with Crippen molar-refractivity contribution in [2.45, 2.75) is 31.5 Å². The Morgan fingerprint density at radius 3 is 2.57 bits per heavy atom. The fourth-order valence-electron chi connectivity index (χ4n) is 3.52. The van der Waals surface area contributed by atoms with Crippen molar-refractivity contribution < 1.29 is 18.0 Å². The second kappa shape index (κ2) is 8.96. The van der Waals surface area contributed by atoms with Crippen LogP contribution in [0.15, 0.2) is 36.7 Å². The third-order valence-electron chi connectivity index (χ3n) is 4.92. The lowest BCUT2D eigenvalue weighted by molar-refractivity contribution is -0.137. The van der Waals surface area contributed by atoms with E-state index in [1.165, 1.54) is 12.1 Å². The summed E-state index contributed by atoms with van der Waals surface area (Å²) < 4.78 is 39.6. The largest absolute Gasteiger partial charge is 0.416 e. The third-order valence-corrected chi connectivity index (χ3v) is 4.92. The molecule has 28 heavy (non-hydrogen) atoms. The highest BCUT2D eigenvalue weighted by Gasteiger charge is 2.35. The zero-order chi connectivity index (χ0) is 19.6. The molecule has 2 N–H and O–H groups in total. The Hall–Kier alpha value is -2.06. The van der Waals surface area contributed by atoms with E-state index in [0.29, 0.717) is 13.0 Å². The van der Waals surface area contributed by atoms with Crippen molar-refractivity contribution in [1.29, 1.82) is 0 Å². The number of halogens is 4. The van der Waals surface area contributed by atoms with Crippen LogP contribution in [0.2, 0.25) is 0 Å². The van der Waals surface area contributed by atoms with Gasteiger partial charge in [0.1, 0.15) is 0 Å². The fourth-order valence-corrected chi connectivity index (χ4v) is 3.52. The van der Waals surface area contributed by atoms with E-state index in [4.69, 9.17) is 0 Å². The van der Waals surface area contributed by atoms with Gasteiger partial charge in [-0.05, 0) is 36.6 Å². The highest BCUT2D eigenvalue weighted by atomic mass is 35.5. The van der Waals surface area contributed by atoms with Crippen LogP contribution in [0, 0.1) is 5.92 Å². The van der Waals surface area contributed by atoms with Gasteiger partial charge in [-0.3, -0.25) is 9.48 Å². The van der Waals surface area contributed by atoms with Crippen molar-refractivity contribution in [3.8, 4) is 0 Å². The molecule has 2 aromatic rings. The molecule has 5 nitrogen and oxygen atoms in total. The van der Waals surface area contributed by atoms with Gasteiger partial charge < -0.3 is 10.6 Å². The molecule has 0 saturated carbocycles. The van der Waals surface area contributed by atoms with Gasteiger partial charge in [0, 0.05) is 38.3 Å². The third kappa shape index (κ3) is 5.26. The second-order valence-electron chi connectivity index (χ2n) is 7.13. The Morgan fingerprint density at radius 1 is 1.32 bits per heavy atom. The molecule has 1 aliphatic heterocycles. The lowest BCUT2D eigenvalue weighted by atomic mass is 9.90. The van der Waals surface area contributed by atoms with Gasteiger partial charge in [0.2, 0.25) is 5.91 Å². The first-order valence-corrected chi connectivity index (χ1v) is 8.90. The monoisotopic (exact) mass is 416 g/mol. The van der Waals surface area contributed by atoms with E-state index in [1.807, 2.05) is 20.2 Å². The molecular weight excluding hydrogens is 393 g/mol. The first-order chi connectivity index (χ1) is 12.7. The minimum atomic E-state index is -4.34. The number of aryl methyl sites for hydroxylation is 1. The Morgan fingerprint density at radius 2 is 2.00 bits per heavy atom. The van der Waals surface area contributed by atoms with E-state index >= 15 is 0 Å². The van der Waals surface area contributed by atoms with Crippen molar-refractivity contribution in [1.82, 2.24) is 20.4 Å². The van der Waals surface area contributed by atoms with E-state index < -0.39 is 11.7 Å². The number of carbonyl (C=O) groups is 1. The standard InChI is InChI=1S/C19H23F3N4O.ClH/c1-12(7-13-3-5-15(6-4-13)19(20,21)22)25-18(27)17-10-23-9-16(17)14-8-24-26(2)11-14;/h3-6,8,11-12,16-17,23H,7,9-10H2,1-2H3,(H,25,27);1H/t12?,16-,17+;/m1./s1. The maximum atomic E-state index is 12.7.